The molecule has 0 fully saturated rings. The lowest BCUT2D eigenvalue weighted by molar-refractivity contribution is -0.134. The molecule has 2 heterocycles. The molecule has 0 radical (unpaired) electrons. The Balaban J connectivity index is 1.97. The number of nitrogens with two attached hydrogens (primary N) is 2. The Morgan fingerprint density at radius 1 is 0.821 bits per heavy atom. The zero-order chi connectivity index (χ0) is 20.3. The molecule has 14 heteroatoms. The summed E-state index contributed by atoms with van der Waals surface area (Å²) in [5.41, 5.74) is 1.10. The molecule has 146 valence electrons. The van der Waals surface area contributed by atoms with Crippen LogP contribution in [0.2, 0.25) is 0 Å². The van der Waals surface area contributed by atoms with Crippen molar-refractivity contribution in [2.75, 3.05) is 23.2 Å². The average Bonchev–Trinajstić information content (AvgIpc) is 3.20. The third-order valence-electron chi connectivity index (χ3n) is 3.39. The summed E-state index contributed by atoms with van der Waals surface area (Å²) in [5.74, 6) is 10.2. The van der Waals surface area contributed by atoms with Gasteiger partial charge in [0.15, 0.2) is 11.6 Å². The van der Waals surface area contributed by atoms with Gasteiger partial charge in [0.2, 0.25) is 10.3 Å². The lowest BCUT2D eigenvalue weighted by Crippen LogP contribution is -2.14. The van der Waals surface area contributed by atoms with Crippen LogP contribution >= 0.6 is 23.5 Å². The highest BCUT2D eigenvalue weighted by atomic mass is 32.2. The third kappa shape index (κ3) is 4.01. The van der Waals surface area contributed by atoms with Gasteiger partial charge in [0, 0.05) is 11.1 Å². The lowest BCUT2D eigenvalue weighted by Gasteiger charge is -2.09. The Labute approximate surface area is 165 Å². The maximum absolute atomic E-state index is 10.7. The van der Waals surface area contributed by atoms with Crippen LogP contribution in [-0.2, 0) is 9.59 Å². The van der Waals surface area contributed by atoms with Crippen molar-refractivity contribution in [2.24, 2.45) is 0 Å². The predicted octanol–water partition coefficient (Wildman–Crippen LogP) is -0.0154. The first-order valence-electron chi connectivity index (χ1n) is 7.58. The van der Waals surface area contributed by atoms with E-state index in [0.29, 0.717) is 11.1 Å². The molecule has 0 amide bonds. The van der Waals surface area contributed by atoms with E-state index in [-0.39, 0.29) is 33.5 Å². The first kappa shape index (κ1) is 19.5. The minimum atomic E-state index is -1.00. The van der Waals surface area contributed by atoms with E-state index in [0.717, 1.165) is 23.5 Å². The topological polar surface area (TPSA) is 188 Å². The van der Waals surface area contributed by atoms with E-state index in [2.05, 4.69) is 20.4 Å². The molecule has 12 nitrogen and oxygen atoms in total. The summed E-state index contributed by atoms with van der Waals surface area (Å²) in [6, 6.07) is 6.98. The number of carbonyl (C=O) groups is 2. The largest absolute Gasteiger partial charge is 0.481 e. The molecule has 0 bridgehead atoms. The van der Waals surface area contributed by atoms with E-state index in [1.165, 1.54) is 9.35 Å². The van der Waals surface area contributed by atoms with Crippen LogP contribution in [-0.4, -0.2) is 63.4 Å². The molecular weight excluding hydrogens is 408 g/mol. The number of aromatic nitrogens is 6. The van der Waals surface area contributed by atoms with Gasteiger partial charge in [0.1, 0.15) is 0 Å². The van der Waals surface area contributed by atoms with E-state index in [9.17, 15) is 9.59 Å². The second kappa shape index (κ2) is 8.18. The van der Waals surface area contributed by atoms with Crippen molar-refractivity contribution in [1.29, 1.82) is 0 Å². The van der Waals surface area contributed by atoms with Crippen molar-refractivity contribution in [3.05, 3.63) is 24.3 Å². The molecular formula is C14H14N8O4S2. The van der Waals surface area contributed by atoms with Crippen molar-refractivity contribution in [3.63, 3.8) is 0 Å². The van der Waals surface area contributed by atoms with Gasteiger partial charge in [0.05, 0.1) is 11.5 Å². The van der Waals surface area contributed by atoms with Gasteiger partial charge < -0.3 is 21.9 Å². The Bertz CT molecular complexity index is 953. The van der Waals surface area contributed by atoms with Crippen LogP contribution in [0.25, 0.3) is 22.8 Å². The number of aliphatic carboxylic acids is 2. The lowest BCUT2D eigenvalue weighted by atomic mass is 10.1. The maximum Gasteiger partial charge on any atom is 0.313 e. The van der Waals surface area contributed by atoms with Crippen LogP contribution in [0.15, 0.2) is 34.6 Å². The molecule has 0 aliphatic rings. The predicted molar refractivity (Wildman–Crippen MR) is 101 cm³/mol. The molecule has 6 N–H and O–H groups in total. The van der Waals surface area contributed by atoms with Crippen LogP contribution < -0.4 is 11.7 Å². The molecule has 2 aromatic heterocycles. The van der Waals surface area contributed by atoms with Crippen LogP contribution in [0.4, 0.5) is 0 Å². The van der Waals surface area contributed by atoms with Crippen LogP contribution in [0, 0.1) is 0 Å². The number of nitrogens with zero attached hydrogens (tertiary/aromatic N) is 6. The second-order valence-corrected chi connectivity index (χ2v) is 7.15. The molecule has 0 saturated heterocycles. The van der Waals surface area contributed by atoms with Gasteiger partial charge >= 0.3 is 11.9 Å². The fourth-order valence-corrected chi connectivity index (χ4v) is 3.40. The maximum atomic E-state index is 10.7. The number of rotatable bonds is 8. The van der Waals surface area contributed by atoms with Crippen molar-refractivity contribution in [3.8, 4) is 22.8 Å². The molecule has 0 atom stereocenters. The number of thioether (sulfide) groups is 2. The average molecular weight is 422 g/mol. The van der Waals surface area contributed by atoms with Crippen LogP contribution in [0.1, 0.15) is 0 Å². The SMILES string of the molecule is Nn1c(SCC(=O)O)nnc1-c1ccccc1-c1nnc(SCC(=O)O)n1N. The molecule has 0 aliphatic heterocycles. The minimum absolute atomic E-state index is 0.210. The smallest absolute Gasteiger partial charge is 0.313 e. The third-order valence-corrected chi connectivity index (χ3v) is 5.24. The van der Waals surface area contributed by atoms with Gasteiger partial charge in [-0.15, -0.1) is 20.4 Å². The molecule has 0 saturated carbocycles. The molecule has 28 heavy (non-hydrogen) atoms. The quantitative estimate of drug-likeness (QED) is 0.281. The number of nitrogen functional groups attached to an aromatic ring is 2. The van der Waals surface area contributed by atoms with E-state index in [1.807, 2.05) is 0 Å². The highest BCUT2D eigenvalue weighted by Gasteiger charge is 2.21. The van der Waals surface area contributed by atoms with Crippen LogP contribution in [0.5, 0.6) is 0 Å². The van der Waals surface area contributed by atoms with Crippen molar-refractivity contribution < 1.29 is 19.8 Å². The number of benzene rings is 1. The fraction of sp³-hybridized carbons (Fsp3) is 0.143. The molecule has 3 aromatic rings. The molecule has 1 aromatic carbocycles. The second-order valence-electron chi connectivity index (χ2n) is 5.26. The first-order chi connectivity index (χ1) is 13.4. The number of hydrogen-bond donors (Lipinski definition) is 4. The normalized spacial score (nSPS) is 10.9. The van der Waals surface area contributed by atoms with Crippen molar-refractivity contribution in [1.82, 2.24) is 29.7 Å². The van der Waals surface area contributed by atoms with E-state index >= 15 is 0 Å². The molecule has 0 spiro atoms. The number of hydrogen-bond acceptors (Lipinski definition) is 10. The molecule has 0 aliphatic carbocycles. The van der Waals surface area contributed by atoms with Gasteiger partial charge in [-0.3, -0.25) is 9.59 Å². The molecule has 3 rings (SSSR count). The summed E-state index contributed by atoms with van der Waals surface area (Å²) in [5, 5.41) is 34.0. The van der Waals surface area contributed by atoms with Gasteiger partial charge in [-0.1, -0.05) is 47.8 Å². The summed E-state index contributed by atoms with van der Waals surface area (Å²) in [7, 11) is 0. The van der Waals surface area contributed by atoms with Crippen molar-refractivity contribution >= 4 is 35.5 Å². The standard InChI is InChI=1S/C14H14N8O4S2/c15-21-11(17-19-13(21)27-5-9(23)24)7-3-1-2-4-8(7)12-18-20-14(22(12)16)28-6-10(25)26/h1-4H,5-6,15-16H2,(H,23,24)(H,25,26). The van der Waals surface area contributed by atoms with Crippen molar-refractivity contribution in [2.45, 2.75) is 10.3 Å². The van der Waals surface area contributed by atoms with Gasteiger partial charge in [0.25, 0.3) is 0 Å². The number of carboxylic acid groups (broad SMARTS) is 2. The zero-order valence-electron chi connectivity index (χ0n) is 14.1. The first-order valence-corrected chi connectivity index (χ1v) is 9.55. The monoisotopic (exact) mass is 422 g/mol. The van der Waals surface area contributed by atoms with Gasteiger partial charge in [-0.05, 0) is 0 Å². The summed E-state index contributed by atoms with van der Waals surface area (Å²) < 4.78 is 2.37. The fourth-order valence-electron chi connectivity index (χ4n) is 2.24. The summed E-state index contributed by atoms with van der Waals surface area (Å²) >= 11 is 1.87. The highest BCUT2D eigenvalue weighted by molar-refractivity contribution is 8.00. The Morgan fingerprint density at radius 3 is 1.57 bits per heavy atom. The summed E-state index contributed by atoms with van der Waals surface area (Å²) in [4.78, 5) is 21.5. The Hall–Kier alpha value is -3.26. The minimum Gasteiger partial charge on any atom is -0.481 e. The number of carboxylic acids is 2. The molecule has 0 unspecified atom stereocenters. The Morgan fingerprint density at radius 2 is 1.21 bits per heavy atom. The Kier molecular flexibility index (Phi) is 5.70. The zero-order valence-corrected chi connectivity index (χ0v) is 15.7. The van der Waals surface area contributed by atoms with E-state index < -0.39 is 11.9 Å². The van der Waals surface area contributed by atoms with Gasteiger partial charge in [-0.2, -0.15) is 0 Å². The van der Waals surface area contributed by atoms with Gasteiger partial charge in [-0.25, -0.2) is 9.35 Å². The van der Waals surface area contributed by atoms with E-state index in [4.69, 9.17) is 21.9 Å². The van der Waals surface area contributed by atoms with E-state index in [1.54, 1.807) is 24.3 Å². The van der Waals surface area contributed by atoms with Crippen LogP contribution in [0.3, 0.4) is 0 Å². The summed E-state index contributed by atoms with van der Waals surface area (Å²) in [6.07, 6.45) is 0. The highest BCUT2D eigenvalue weighted by Crippen LogP contribution is 2.31. The summed E-state index contributed by atoms with van der Waals surface area (Å²) in [6.45, 7) is 0.